The van der Waals surface area contributed by atoms with Gasteiger partial charge in [0.1, 0.15) is 5.52 Å². The number of hydrogen-bond donors (Lipinski definition) is 0. The highest BCUT2D eigenvalue weighted by Gasteiger charge is 2.20. The number of nitrogens with zero attached hydrogens (tertiary/aromatic N) is 3. The summed E-state index contributed by atoms with van der Waals surface area (Å²) in [5.74, 6) is 0.617. The van der Waals surface area contributed by atoms with Gasteiger partial charge in [0.15, 0.2) is 5.58 Å². The van der Waals surface area contributed by atoms with Crippen LogP contribution in [0.3, 0.4) is 0 Å². The van der Waals surface area contributed by atoms with Gasteiger partial charge in [0.25, 0.3) is 0 Å². The molecular formula is C26H27N3O2. The van der Waals surface area contributed by atoms with E-state index in [-0.39, 0.29) is 0 Å². The lowest BCUT2D eigenvalue weighted by Crippen LogP contribution is -2.43. The Morgan fingerprint density at radius 3 is 2.65 bits per heavy atom. The van der Waals surface area contributed by atoms with E-state index in [1.807, 2.05) is 18.2 Å². The van der Waals surface area contributed by atoms with E-state index >= 15 is 0 Å². The molecule has 0 amide bonds. The van der Waals surface area contributed by atoms with Crippen LogP contribution in [-0.4, -0.2) is 35.4 Å². The number of fused-ring (bicyclic) bond motifs is 1. The van der Waals surface area contributed by atoms with Crippen molar-refractivity contribution in [3.63, 3.8) is 0 Å². The van der Waals surface area contributed by atoms with Gasteiger partial charge in [-0.2, -0.15) is 0 Å². The van der Waals surface area contributed by atoms with E-state index in [1.54, 1.807) is 0 Å². The lowest BCUT2D eigenvalue weighted by atomic mass is 10.2. The molecule has 1 fully saturated rings. The first-order valence-corrected chi connectivity index (χ1v) is 10.8. The molecule has 31 heavy (non-hydrogen) atoms. The minimum atomic E-state index is 0.359. The minimum Gasteiger partial charge on any atom is -0.437 e. The van der Waals surface area contributed by atoms with E-state index in [4.69, 9.17) is 14.1 Å². The third kappa shape index (κ3) is 3.77. The molecule has 1 aliphatic heterocycles. The summed E-state index contributed by atoms with van der Waals surface area (Å²) in [5.41, 5.74) is 7.57. The zero-order valence-electron chi connectivity index (χ0n) is 18.2. The fourth-order valence-corrected chi connectivity index (χ4v) is 4.39. The molecule has 0 radical (unpaired) electrons. The number of hydrogen-bond acceptors (Lipinski definition) is 4. The van der Waals surface area contributed by atoms with Crippen LogP contribution < -0.4 is 4.90 Å². The topological polar surface area (TPSA) is 43.4 Å². The van der Waals surface area contributed by atoms with Gasteiger partial charge in [-0.1, -0.05) is 18.2 Å². The van der Waals surface area contributed by atoms with Crippen LogP contribution >= 0.6 is 0 Å². The van der Waals surface area contributed by atoms with E-state index in [0.717, 1.165) is 36.4 Å². The zero-order valence-corrected chi connectivity index (χ0v) is 18.2. The highest BCUT2D eigenvalue weighted by atomic mass is 16.5. The predicted molar refractivity (Wildman–Crippen MR) is 126 cm³/mol. The number of oxazole rings is 1. The molecule has 4 aromatic rings. The summed E-state index contributed by atoms with van der Waals surface area (Å²) < 4.78 is 13.8. The molecule has 1 aliphatic rings. The Hall–Kier alpha value is -3.31. The first kappa shape index (κ1) is 19.6. The molecular weight excluding hydrogens is 386 g/mol. The average Bonchev–Trinajstić information content (AvgIpc) is 3.32. The largest absolute Gasteiger partial charge is 0.437 e. The molecule has 2 aromatic heterocycles. The van der Waals surface area contributed by atoms with Crippen molar-refractivity contribution in [2.24, 2.45) is 0 Å². The molecule has 5 heteroatoms. The van der Waals surface area contributed by atoms with Gasteiger partial charge in [-0.15, -0.1) is 0 Å². The predicted octanol–water partition coefficient (Wildman–Crippen LogP) is 5.63. The molecule has 1 atom stereocenters. The average molecular weight is 414 g/mol. The summed E-state index contributed by atoms with van der Waals surface area (Å²) in [6, 6.07) is 19.2. The number of morpholine rings is 1. The molecule has 5 nitrogen and oxygen atoms in total. The Morgan fingerprint density at radius 2 is 1.84 bits per heavy atom. The number of benzene rings is 2. The van der Waals surface area contributed by atoms with Crippen molar-refractivity contribution in [1.29, 1.82) is 0 Å². The Bertz CT molecular complexity index is 1240. The maximum Gasteiger partial charge on any atom is 0.220 e. The van der Waals surface area contributed by atoms with Crippen molar-refractivity contribution < 1.29 is 9.15 Å². The van der Waals surface area contributed by atoms with E-state index in [0.29, 0.717) is 11.9 Å². The third-order valence-electron chi connectivity index (χ3n) is 5.98. The monoisotopic (exact) mass is 413 g/mol. The maximum absolute atomic E-state index is 5.97. The van der Waals surface area contributed by atoms with Crippen LogP contribution in [-0.2, 0) is 4.74 Å². The summed E-state index contributed by atoms with van der Waals surface area (Å²) in [5, 5.41) is 0. The van der Waals surface area contributed by atoms with Crippen molar-refractivity contribution in [2.75, 3.05) is 24.7 Å². The summed E-state index contributed by atoms with van der Waals surface area (Å²) in [7, 11) is 0. The Morgan fingerprint density at radius 1 is 1.00 bits per heavy atom. The van der Waals surface area contributed by atoms with Crippen molar-refractivity contribution in [1.82, 2.24) is 9.55 Å². The first-order chi connectivity index (χ1) is 15.1. The van der Waals surface area contributed by atoms with Crippen LogP contribution in [0.15, 0.2) is 59.0 Å². The third-order valence-corrected chi connectivity index (χ3v) is 5.98. The van der Waals surface area contributed by atoms with Gasteiger partial charge >= 0.3 is 0 Å². The number of aryl methyl sites for hydroxylation is 1. The Labute approximate surface area is 182 Å². The fourth-order valence-electron chi connectivity index (χ4n) is 4.39. The standard InChI is InChI=1S/C26H27N3O2/c1-18-15-21(20(3)29(18)22-7-5-4-6-8-22)9-12-26-27-24-16-23(10-11-25(24)31-26)28-13-14-30-17-19(28)2/h4-12,15-16,19H,13-14,17H2,1-3H3/b12-9+/t19-/m0/s1. The first-order valence-electron chi connectivity index (χ1n) is 10.8. The normalized spacial score (nSPS) is 17.1. The molecule has 0 saturated carbocycles. The molecule has 2 aromatic carbocycles. The number of ether oxygens (including phenoxy) is 1. The smallest absolute Gasteiger partial charge is 0.220 e. The quantitative estimate of drug-likeness (QED) is 0.435. The maximum atomic E-state index is 5.97. The fraction of sp³-hybridized carbons (Fsp3) is 0.269. The van der Waals surface area contributed by atoms with E-state index in [2.05, 4.69) is 78.8 Å². The highest BCUT2D eigenvalue weighted by molar-refractivity contribution is 5.80. The summed E-state index contributed by atoms with van der Waals surface area (Å²) >= 11 is 0. The molecule has 3 heterocycles. The van der Waals surface area contributed by atoms with Crippen LogP contribution in [0.25, 0.3) is 28.9 Å². The second-order valence-electron chi connectivity index (χ2n) is 8.15. The summed E-state index contributed by atoms with van der Waals surface area (Å²) in [6.07, 6.45) is 4.03. The summed E-state index contributed by atoms with van der Waals surface area (Å²) in [6.45, 7) is 8.87. The molecule has 0 spiro atoms. The Balaban J connectivity index is 1.42. The molecule has 0 aliphatic carbocycles. The van der Waals surface area contributed by atoms with Crippen LogP contribution in [0.5, 0.6) is 0 Å². The van der Waals surface area contributed by atoms with Crippen molar-refractivity contribution in [3.05, 3.63) is 77.4 Å². The van der Waals surface area contributed by atoms with Gasteiger partial charge < -0.3 is 18.6 Å². The molecule has 0 bridgehead atoms. The lowest BCUT2D eigenvalue weighted by molar-refractivity contribution is 0.0989. The second kappa shape index (κ2) is 8.08. The van der Waals surface area contributed by atoms with E-state index in [1.165, 1.54) is 22.8 Å². The van der Waals surface area contributed by atoms with Gasteiger partial charge in [-0.25, -0.2) is 4.98 Å². The highest BCUT2D eigenvalue weighted by Crippen LogP contribution is 2.27. The number of rotatable bonds is 4. The van der Waals surface area contributed by atoms with Crippen molar-refractivity contribution in [3.8, 4) is 5.69 Å². The lowest BCUT2D eigenvalue weighted by Gasteiger charge is -2.35. The van der Waals surface area contributed by atoms with E-state index in [9.17, 15) is 0 Å². The van der Waals surface area contributed by atoms with Crippen molar-refractivity contribution >= 4 is 28.9 Å². The molecule has 158 valence electrons. The van der Waals surface area contributed by atoms with Gasteiger partial charge in [0.2, 0.25) is 5.89 Å². The van der Waals surface area contributed by atoms with Crippen LogP contribution in [0.2, 0.25) is 0 Å². The van der Waals surface area contributed by atoms with Crippen LogP contribution in [0.1, 0.15) is 29.8 Å². The minimum absolute atomic E-state index is 0.359. The SMILES string of the molecule is Cc1cc(/C=C/c2nc3cc(N4CCOC[C@@H]4C)ccc3o2)c(C)n1-c1ccccc1. The molecule has 0 unspecified atom stereocenters. The van der Waals surface area contributed by atoms with Gasteiger partial charge in [-0.3, -0.25) is 0 Å². The van der Waals surface area contributed by atoms with Crippen LogP contribution in [0.4, 0.5) is 5.69 Å². The number of para-hydroxylation sites is 1. The van der Waals surface area contributed by atoms with Gasteiger partial charge in [0, 0.05) is 41.4 Å². The number of anilines is 1. The molecule has 0 N–H and O–H groups in total. The Kier molecular flexibility index (Phi) is 5.12. The van der Waals surface area contributed by atoms with Gasteiger partial charge in [-0.05, 0) is 68.8 Å². The molecule has 1 saturated heterocycles. The zero-order chi connectivity index (χ0) is 21.4. The summed E-state index contributed by atoms with van der Waals surface area (Å²) in [4.78, 5) is 7.07. The van der Waals surface area contributed by atoms with Crippen molar-refractivity contribution in [2.45, 2.75) is 26.8 Å². The van der Waals surface area contributed by atoms with Crippen LogP contribution in [0, 0.1) is 13.8 Å². The van der Waals surface area contributed by atoms with E-state index < -0.39 is 0 Å². The molecule has 5 rings (SSSR count). The number of aromatic nitrogens is 2. The second-order valence-corrected chi connectivity index (χ2v) is 8.15. The van der Waals surface area contributed by atoms with Gasteiger partial charge in [0.05, 0.1) is 13.2 Å².